The van der Waals surface area contributed by atoms with Gasteiger partial charge in [-0.05, 0) is 25.5 Å². The SMILES string of the molecule is CCCCCOC(C)C(=O)Nc1c(Cl)cc(N)cc1Cl. The van der Waals surface area contributed by atoms with E-state index in [0.717, 1.165) is 19.3 Å². The summed E-state index contributed by atoms with van der Waals surface area (Å²) in [5.74, 6) is -0.282. The van der Waals surface area contributed by atoms with Crippen LogP contribution >= 0.6 is 23.2 Å². The van der Waals surface area contributed by atoms with Crippen LogP contribution < -0.4 is 11.1 Å². The Kier molecular flexibility index (Phi) is 7.13. The number of hydrogen-bond acceptors (Lipinski definition) is 3. The van der Waals surface area contributed by atoms with Crippen LogP contribution in [0.25, 0.3) is 0 Å². The Bertz CT molecular complexity index is 443. The van der Waals surface area contributed by atoms with E-state index in [0.29, 0.717) is 28.0 Å². The van der Waals surface area contributed by atoms with Crippen molar-refractivity contribution in [2.75, 3.05) is 17.7 Å². The quantitative estimate of drug-likeness (QED) is 0.587. The van der Waals surface area contributed by atoms with Crippen LogP contribution in [0.15, 0.2) is 12.1 Å². The molecule has 0 aliphatic carbocycles. The fourth-order valence-corrected chi connectivity index (χ4v) is 2.22. The zero-order valence-corrected chi connectivity index (χ0v) is 13.2. The number of benzene rings is 1. The van der Waals surface area contributed by atoms with Gasteiger partial charge in [0.25, 0.3) is 5.91 Å². The number of carbonyl (C=O) groups is 1. The van der Waals surface area contributed by atoms with Gasteiger partial charge in [-0.1, -0.05) is 43.0 Å². The summed E-state index contributed by atoms with van der Waals surface area (Å²) in [6.45, 7) is 4.37. The average Bonchev–Trinajstić information content (AvgIpc) is 2.38. The lowest BCUT2D eigenvalue weighted by Crippen LogP contribution is -2.28. The molecular weight excluding hydrogens is 299 g/mol. The summed E-state index contributed by atoms with van der Waals surface area (Å²) in [6.07, 6.45) is 2.58. The summed E-state index contributed by atoms with van der Waals surface area (Å²) < 4.78 is 5.46. The molecule has 0 aromatic heterocycles. The van der Waals surface area contributed by atoms with Crippen molar-refractivity contribution < 1.29 is 9.53 Å². The minimum atomic E-state index is -0.559. The minimum absolute atomic E-state index is 0.282. The second-order valence-corrected chi connectivity index (χ2v) is 5.38. The van der Waals surface area contributed by atoms with E-state index in [4.69, 9.17) is 33.7 Å². The number of halogens is 2. The smallest absolute Gasteiger partial charge is 0.253 e. The summed E-state index contributed by atoms with van der Waals surface area (Å²) in [7, 11) is 0. The molecule has 1 rings (SSSR count). The van der Waals surface area contributed by atoms with E-state index in [9.17, 15) is 4.79 Å². The Labute approximate surface area is 129 Å². The summed E-state index contributed by atoms with van der Waals surface area (Å²) in [5, 5.41) is 3.28. The van der Waals surface area contributed by atoms with E-state index in [1.165, 1.54) is 12.1 Å². The second kappa shape index (κ2) is 8.35. The van der Waals surface area contributed by atoms with Gasteiger partial charge in [-0.15, -0.1) is 0 Å². The van der Waals surface area contributed by atoms with Gasteiger partial charge in [-0.25, -0.2) is 0 Å². The average molecular weight is 319 g/mol. The summed E-state index contributed by atoms with van der Waals surface area (Å²) in [4.78, 5) is 12.0. The lowest BCUT2D eigenvalue weighted by atomic mass is 10.2. The molecule has 20 heavy (non-hydrogen) atoms. The summed E-state index contributed by atoms with van der Waals surface area (Å²) in [5.41, 5.74) is 6.41. The van der Waals surface area contributed by atoms with Gasteiger partial charge in [0.15, 0.2) is 0 Å². The highest BCUT2D eigenvalue weighted by atomic mass is 35.5. The topological polar surface area (TPSA) is 64.3 Å². The molecule has 0 aliphatic rings. The number of nitrogens with one attached hydrogen (secondary N) is 1. The first-order valence-electron chi connectivity index (χ1n) is 6.62. The molecule has 0 saturated carbocycles. The molecule has 0 bridgehead atoms. The molecule has 1 aromatic carbocycles. The molecular formula is C14H20Cl2N2O2. The Morgan fingerprint density at radius 3 is 2.50 bits per heavy atom. The predicted molar refractivity (Wildman–Crippen MR) is 84.4 cm³/mol. The van der Waals surface area contributed by atoms with Gasteiger partial charge in [0.2, 0.25) is 0 Å². The van der Waals surface area contributed by atoms with Crippen LogP contribution in [0.5, 0.6) is 0 Å². The molecule has 0 radical (unpaired) electrons. The highest BCUT2D eigenvalue weighted by Crippen LogP contribution is 2.32. The zero-order valence-electron chi connectivity index (χ0n) is 11.7. The Morgan fingerprint density at radius 1 is 1.35 bits per heavy atom. The number of amides is 1. The molecule has 1 unspecified atom stereocenters. The van der Waals surface area contributed by atoms with Gasteiger partial charge >= 0.3 is 0 Å². The number of nitrogens with two attached hydrogens (primary N) is 1. The maximum Gasteiger partial charge on any atom is 0.253 e. The predicted octanol–water partition coefficient (Wildman–Crippen LogP) is 4.11. The third-order valence-electron chi connectivity index (χ3n) is 2.80. The highest BCUT2D eigenvalue weighted by molar-refractivity contribution is 6.40. The fourth-order valence-electron chi connectivity index (χ4n) is 1.62. The van der Waals surface area contributed by atoms with Crippen LogP contribution in [-0.4, -0.2) is 18.6 Å². The first-order valence-corrected chi connectivity index (χ1v) is 7.38. The van der Waals surface area contributed by atoms with Crippen molar-refractivity contribution in [2.24, 2.45) is 0 Å². The van der Waals surface area contributed by atoms with Crippen molar-refractivity contribution in [1.29, 1.82) is 0 Å². The van der Waals surface area contributed by atoms with Gasteiger partial charge in [0.05, 0.1) is 15.7 Å². The van der Waals surface area contributed by atoms with Crippen molar-refractivity contribution in [3.05, 3.63) is 22.2 Å². The van der Waals surface area contributed by atoms with Gasteiger partial charge in [0.1, 0.15) is 6.10 Å². The normalized spacial score (nSPS) is 12.2. The summed E-state index contributed by atoms with van der Waals surface area (Å²) >= 11 is 12.0. The molecule has 0 fully saturated rings. The van der Waals surface area contributed by atoms with Gasteiger partial charge in [-0.3, -0.25) is 4.79 Å². The number of anilines is 2. The largest absolute Gasteiger partial charge is 0.399 e. The monoisotopic (exact) mass is 318 g/mol. The van der Waals surface area contributed by atoms with Crippen molar-refractivity contribution in [2.45, 2.75) is 39.2 Å². The molecule has 1 aromatic rings. The molecule has 1 amide bonds. The Balaban J connectivity index is 2.57. The van der Waals surface area contributed by atoms with Crippen LogP contribution in [-0.2, 0) is 9.53 Å². The minimum Gasteiger partial charge on any atom is -0.399 e. The number of ether oxygens (including phenoxy) is 1. The first-order chi connectivity index (χ1) is 9.45. The Hall–Kier alpha value is -0.970. The molecule has 0 heterocycles. The molecule has 112 valence electrons. The zero-order chi connectivity index (χ0) is 15.1. The molecule has 0 spiro atoms. The molecule has 0 aliphatic heterocycles. The van der Waals surface area contributed by atoms with Crippen LogP contribution in [0.1, 0.15) is 33.1 Å². The number of hydrogen-bond donors (Lipinski definition) is 2. The number of nitrogen functional groups attached to an aromatic ring is 1. The fraction of sp³-hybridized carbons (Fsp3) is 0.500. The van der Waals surface area contributed by atoms with Crippen LogP contribution in [0.4, 0.5) is 11.4 Å². The summed E-state index contributed by atoms with van der Waals surface area (Å²) in [6, 6.07) is 3.08. The first kappa shape index (κ1) is 17.1. The van der Waals surface area contributed by atoms with E-state index in [-0.39, 0.29) is 5.91 Å². The molecule has 4 nitrogen and oxygen atoms in total. The standard InChI is InChI=1S/C14H20Cl2N2O2/c1-3-4-5-6-20-9(2)14(19)18-13-11(15)7-10(17)8-12(13)16/h7-9H,3-6,17H2,1-2H3,(H,18,19). The van der Waals surface area contributed by atoms with E-state index < -0.39 is 6.10 Å². The van der Waals surface area contributed by atoms with Crippen LogP contribution in [0.3, 0.4) is 0 Å². The number of unbranched alkanes of at least 4 members (excludes halogenated alkanes) is 2. The van der Waals surface area contributed by atoms with Gasteiger partial charge in [0, 0.05) is 12.3 Å². The number of rotatable bonds is 7. The highest BCUT2D eigenvalue weighted by Gasteiger charge is 2.16. The molecule has 0 saturated heterocycles. The van der Waals surface area contributed by atoms with Crippen molar-refractivity contribution in [1.82, 2.24) is 0 Å². The Morgan fingerprint density at radius 2 is 1.95 bits per heavy atom. The maximum absolute atomic E-state index is 12.0. The maximum atomic E-state index is 12.0. The molecule has 3 N–H and O–H groups in total. The van der Waals surface area contributed by atoms with E-state index in [2.05, 4.69) is 12.2 Å². The van der Waals surface area contributed by atoms with E-state index >= 15 is 0 Å². The van der Waals surface area contributed by atoms with Crippen molar-refractivity contribution in [3.8, 4) is 0 Å². The lowest BCUT2D eigenvalue weighted by Gasteiger charge is -2.15. The molecule has 1 atom stereocenters. The molecule has 6 heteroatoms. The van der Waals surface area contributed by atoms with Crippen molar-refractivity contribution in [3.63, 3.8) is 0 Å². The van der Waals surface area contributed by atoms with Crippen LogP contribution in [0.2, 0.25) is 10.0 Å². The second-order valence-electron chi connectivity index (χ2n) is 4.57. The van der Waals surface area contributed by atoms with Crippen molar-refractivity contribution >= 4 is 40.5 Å². The van der Waals surface area contributed by atoms with E-state index in [1.807, 2.05) is 0 Å². The number of carbonyl (C=O) groups excluding carboxylic acids is 1. The third-order valence-corrected chi connectivity index (χ3v) is 3.39. The lowest BCUT2D eigenvalue weighted by molar-refractivity contribution is -0.126. The van der Waals surface area contributed by atoms with Gasteiger partial charge in [-0.2, -0.15) is 0 Å². The third kappa shape index (κ3) is 5.19. The van der Waals surface area contributed by atoms with Gasteiger partial charge < -0.3 is 15.8 Å². The van der Waals surface area contributed by atoms with E-state index in [1.54, 1.807) is 6.92 Å². The van der Waals surface area contributed by atoms with Crippen LogP contribution in [0, 0.1) is 0 Å².